The molecule has 25 heavy (non-hydrogen) atoms. The number of sulfonamides is 1. The SMILES string of the molecule is Cn1cc(S(=O)(=O)N2CCCC[C@H]2C(=O)N2CCCC2)cc1C(N)=O. The van der Waals surface area contributed by atoms with Gasteiger partial charge in [0.15, 0.2) is 0 Å². The number of amides is 2. The number of hydrogen-bond donors (Lipinski definition) is 1. The van der Waals surface area contributed by atoms with Gasteiger partial charge < -0.3 is 15.2 Å². The van der Waals surface area contributed by atoms with Crippen molar-refractivity contribution in [2.45, 2.75) is 43.0 Å². The smallest absolute Gasteiger partial charge is 0.265 e. The van der Waals surface area contributed by atoms with Crippen molar-refractivity contribution < 1.29 is 18.0 Å². The number of piperidine rings is 1. The number of carbonyl (C=O) groups excluding carboxylic acids is 2. The van der Waals surface area contributed by atoms with Crippen molar-refractivity contribution in [1.29, 1.82) is 0 Å². The predicted molar refractivity (Wildman–Crippen MR) is 91.3 cm³/mol. The second kappa shape index (κ2) is 6.80. The molecule has 1 aromatic rings. The summed E-state index contributed by atoms with van der Waals surface area (Å²) in [4.78, 5) is 26.0. The Bertz CT molecular complexity index is 780. The zero-order valence-electron chi connectivity index (χ0n) is 14.3. The predicted octanol–water partition coefficient (Wildman–Crippen LogP) is 0.290. The van der Waals surface area contributed by atoms with Crippen molar-refractivity contribution >= 4 is 21.8 Å². The van der Waals surface area contributed by atoms with Gasteiger partial charge in [0.05, 0.1) is 0 Å². The molecular formula is C16H24N4O4S. The van der Waals surface area contributed by atoms with Crippen LogP contribution in [0.15, 0.2) is 17.2 Å². The summed E-state index contributed by atoms with van der Waals surface area (Å²) >= 11 is 0. The van der Waals surface area contributed by atoms with Crippen molar-refractivity contribution in [3.63, 3.8) is 0 Å². The lowest BCUT2D eigenvalue weighted by atomic mass is 10.0. The van der Waals surface area contributed by atoms with Crippen molar-refractivity contribution in [3.8, 4) is 0 Å². The van der Waals surface area contributed by atoms with Crippen LogP contribution >= 0.6 is 0 Å². The number of rotatable bonds is 4. The van der Waals surface area contributed by atoms with Crippen molar-refractivity contribution in [3.05, 3.63) is 18.0 Å². The molecule has 3 rings (SSSR count). The number of aryl methyl sites for hydroxylation is 1. The van der Waals surface area contributed by atoms with E-state index in [9.17, 15) is 18.0 Å². The molecule has 1 atom stereocenters. The summed E-state index contributed by atoms with van der Waals surface area (Å²) in [5, 5.41) is 0. The third kappa shape index (κ3) is 3.30. The van der Waals surface area contributed by atoms with Gasteiger partial charge in [-0.1, -0.05) is 6.42 Å². The molecule has 1 aromatic heterocycles. The maximum Gasteiger partial charge on any atom is 0.265 e. The van der Waals surface area contributed by atoms with E-state index in [1.807, 2.05) is 0 Å². The number of nitrogens with zero attached hydrogens (tertiary/aromatic N) is 3. The fourth-order valence-corrected chi connectivity index (χ4v) is 5.37. The first-order valence-electron chi connectivity index (χ1n) is 8.59. The number of primary amides is 1. The summed E-state index contributed by atoms with van der Waals surface area (Å²) in [6, 6.07) is 0.623. The summed E-state index contributed by atoms with van der Waals surface area (Å²) in [7, 11) is -2.29. The molecule has 2 aliphatic rings. The summed E-state index contributed by atoms with van der Waals surface area (Å²) in [6.45, 7) is 1.70. The van der Waals surface area contributed by atoms with Crippen LogP contribution in [0.25, 0.3) is 0 Å². The highest BCUT2D eigenvalue weighted by molar-refractivity contribution is 7.89. The van der Waals surface area contributed by atoms with Crippen LogP contribution in [-0.2, 0) is 21.9 Å². The maximum atomic E-state index is 13.1. The van der Waals surface area contributed by atoms with E-state index in [0.717, 1.165) is 25.7 Å². The number of aromatic nitrogens is 1. The van der Waals surface area contributed by atoms with Gasteiger partial charge in [0.2, 0.25) is 15.9 Å². The highest BCUT2D eigenvalue weighted by atomic mass is 32.2. The first-order valence-corrected chi connectivity index (χ1v) is 10.0. The largest absolute Gasteiger partial charge is 0.364 e. The Balaban J connectivity index is 1.91. The molecule has 2 saturated heterocycles. The Morgan fingerprint density at radius 1 is 1.12 bits per heavy atom. The average molecular weight is 368 g/mol. The molecule has 2 fully saturated rings. The van der Waals surface area contributed by atoms with E-state index in [1.165, 1.54) is 21.1 Å². The molecule has 2 aliphatic heterocycles. The Morgan fingerprint density at radius 2 is 1.76 bits per heavy atom. The minimum absolute atomic E-state index is 0.00456. The van der Waals surface area contributed by atoms with Gasteiger partial charge in [-0.15, -0.1) is 0 Å². The minimum atomic E-state index is -3.86. The lowest BCUT2D eigenvalue weighted by molar-refractivity contribution is -0.135. The standard InChI is InChI=1S/C16H24N4O4S/c1-18-11-12(10-14(18)15(17)21)25(23,24)20-9-3-2-6-13(20)16(22)19-7-4-5-8-19/h10-11,13H,2-9H2,1H3,(H2,17,21)/t13-/m0/s1. The molecular weight excluding hydrogens is 344 g/mol. The normalized spacial score (nSPS) is 22.3. The molecule has 0 spiro atoms. The van der Waals surface area contributed by atoms with E-state index in [0.29, 0.717) is 26.1 Å². The quantitative estimate of drug-likeness (QED) is 0.824. The van der Waals surface area contributed by atoms with Gasteiger partial charge in [-0.3, -0.25) is 9.59 Å². The van der Waals surface area contributed by atoms with Gasteiger partial charge in [0, 0.05) is 32.9 Å². The molecule has 0 aliphatic carbocycles. The molecule has 0 aromatic carbocycles. The van der Waals surface area contributed by atoms with Gasteiger partial charge in [-0.2, -0.15) is 4.31 Å². The van der Waals surface area contributed by atoms with E-state index in [2.05, 4.69) is 0 Å². The maximum absolute atomic E-state index is 13.1. The Hall–Kier alpha value is -1.87. The van der Waals surface area contributed by atoms with Crippen LogP contribution < -0.4 is 5.73 Å². The fraction of sp³-hybridized carbons (Fsp3) is 0.625. The highest BCUT2D eigenvalue weighted by Gasteiger charge is 2.40. The summed E-state index contributed by atoms with van der Waals surface area (Å²) in [6.07, 6.45) is 5.39. The molecule has 0 radical (unpaired) electrons. The molecule has 2 N–H and O–H groups in total. The van der Waals surface area contributed by atoms with Crippen LogP contribution in [0.2, 0.25) is 0 Å². The number of likely N-dealkylation sites (tertiary alicyclic amines) is 1. The van der Waals surface area contributed by atoms with Gasteiger partial charge >= 0.3 is 0 Å². The van der Waals surface area contributed by atoms with Crippen LogP contribution in [0.1, 0.15) is 42.6 Å². The first kappa shape index (κ1) is 17.9. The Kier molecular flexibility index (Phi) is 4.88. The molecule has 2 amide bonds. The van der Waals surface area contributed by atoms with E-state index in [1.54, 1.807) is 11.9 Å². The van der Waals surface area contributed by atoms with Gasteiger partial charge in [-0.05, 0) is 31.7 Å². The Morgan fingerprint density at radius 3 is 2.36 bits per heavy atom. The van der Waals surface area contributed by atoms with Crippen molar-refractivity contribution in [2.75, 3.05) is 19.6 Å². The third-order valence-corrected chi connectivity index (χ3v) is 6.87. The molecule has 3 heterocycles. The third-order valence-electron chi connectivity index (χ3n) is 5.00. The second-order valence-electron chi connectivity index (χ2n) is 6.70. The summed E-state index contributed by atoms with van der Waals surface area (Å²) in [5.74, 6) is -0.792. The summed E-state index contributed by atoms with van der Waals surface area (Å²) < 4.78 is 28.9. The van der Waals surface area contributed by atoms with Gasteiger partial charge in [0.25, 0.3) is 5.91 Å². The average Bonchev–Trinajstić information content (AvgIpc) is 3.24. The zero-order chi connectivity index (χ0) is 18.2. The van der Waals surface area contributed by atoms with Crippen LogP contribution in [0.3, 0.4) is 0 Å². The topological polar surface area (TPSA) is 106 Å². The molecule has 0 saturated carbocycles. The van der Waals surface area contributed by atoms with E-state index >= 15 is 0 Å². The molecule has 8 nitrogen and oxygen atoms in total. The van der Waals surface area contributed by atoms with Crippen LogP contribution in [0, 0.1) is 0 Å². The molecule has 0 unspecified atom stereocenters. The van der Waals surface area contributed by atoms with Crippen LogP contribution in [-0.4, -0.2) is 59.7 Å². The molecule has 138 valence electrons. The number of carbonyl (C=O) groups is 2. The lowest BCUT2D eigenvalue weighted by Crippen LogP contribution is -2.52. The highest BCUT2D eigenvalue weighted by Crippen LogP contribution is 2.28. The van der Waals surface area contributed by atoms with E-state index in [4.69, 9.17) is 5.73 Å². The summed E-state index contributed by atoms with van der Waals surface area (Å²) in [5.41, 5.74) is 5.40. The zero-order valence-corrected chi connectivity index (χ0v) is 15.2. The molecule has 0 bridgehead atoms. The number of hydrogen-bond acceptors (Lipinski definition) is 4. The second-order valence-corrected chi connectivity index (χ2v) is 8.59. The Labute approximate surface area is 147 Å². The lowest BCUT2D eigenvalue weighted by Gasteiger charge is -2.35. The van der Waals surface area contributed by atoms with Crippen LogP contribution in [0.4, 0.5) is 0 Å². The molecule has 9 heteroatoms. The first-order chi connectivity index (χ1) is 11.8. The van der Waals surface area contributed by atoms with Crippen molar-refractivity contribution in [1.82, 2.24) is 13.8 Å². The minimum Gasteiger partial charge on any atom is -0.364 e. The van der Waals surface area contributed by atoms with E-state index in [-0.39, 0.29) is 16.5 Å². The van der Waals surface area contributed by atoms with Gasteiger partial charge in [-0.25, -0.2) is 8.42 Å². The van der Waals surface area contributed by atoms with Gasteiger partial charge in [0.1, 0.15) is 16.6 Å². The van der Waals surface area contributed by atoms with Crippen molar-refractivity contribution in [2.24, 2.45) is 12.8 Å². The monoisotopic (exact) mass is 368 g/mol. The van der Waals surface area contributed by atoms with E-state index < -0.39 is 22.0 Å². The fourth-order valence-electron chi connectivity index (χ4n) is 3.64. The number of nitrogens with two attached hydrogens (primary N) is 1. The van der Waals surface area contributed by atoms with Crippen LogP contribution in [0.5, 0.6) is 0 Å².